The molecule has 1 fully saturated rings. The lowest BCUT2D eigenvalue weighted by Crippen LogP contribution is -2.31. The first-order valence-corrected chi connectivity index (χ1v) is 7.82. The Morgan fingerprint density at radius 1 is 1.17 bits per heavy atom. The van der Waals surface area contributed by atoms with Crippen LogP contribution in [-0.2, 0) is 4.79 Å². The van der Waals surface area contributed by atoms with E-state index in [-0.39, 0.29) is 11.8 Å². The zero-order chi connectivity index (χ0) is 17.1. The molecule has 7 nitrogen and oxygen atoms in total. The summed E-state index contributed by atoms with van der Waals surface area (Å²) in [5.74, 6) is 0.118. The lowest BCUT2D eigenvalue weighted by atomic mass is 10.2. The number of rotatable bonds is 4. The highest BCUT2D eigenvalue weighted by Crippen LogP contribution is 2.22. The maximum Gasteiger partial charge on any atom is 0.269 e. The van der Waals surface area contributed by atoms with Crippen LogP contribution < -0.4 is 15.8 Å². The van der Waals surface area contributed by atoms with E-state index < -0.39 is 0 Å². The number of hydrogen-bond acceptors (Lipinski definition) is 5. The topological polar surface area (TPSA) is 87.2 Å². The zero-order valence-corrected chi connectivity index (χ0v) is 13.7. The molecule has 1 aliphatic rings. The summed E-state index contributed by atoms with van der Waals surface area (Å²) in [5, 5.41) is 0. The molecule has 1 aromatic carbocycles. The third-order valence-corrected chi connectivity index (χ3v) is 3.76. The quantitative estimate of drug-likeness (QED) is 0.839. The molecule has 0 unspecified atom stereocenters. The molecule has 0 radical (unpaired) electrons. The van der Waals surface area contributed by atoms with Crippen LogP contribution in [0.2, 0.25) is 0 Å². The van der Waals surface area contributed by atoms with Crippen molar-refractivity contribution in [2.24, 2.45) is 0 Å². The van der Waals surface area contributed by atoms with Crippen molar-refractivity contribution in [3.8, 4) is 0 Å². The number of carbonyl (C=O) groups excluding carboxylic acids is 2. The van der Waals surface area contributed by atoms with Gasteiger partial charge in [0.15, 0.2) is 0 Å². The fraction of sp³-hybridized carbons (Fsp3) is 0.294. The van der Waals surface area contributed by atoms with Gasteiger partial charge in [0.2, 0.25) is 11.9 Å². The van der Waals surface area contributed by atoms with Crippen LogP contribution in [0.5, 0.6) is 0 Å². The van der Waals surface area contributed by atoms with Crippen molar-refractivity contribution in [1.82, 2.24) is 15.4 Å². The highest BCUT2D eigenvalue weighted by molar-refractivity contribution is 5.99. The van der Waals surface area contributed by atoms with Crippen molar-refractivity contribution >= 4 is 23.5 Å². The highest BCUT2D eigenvalue weighted by atomic mass is 16.2. The van der Waals surface area contributed by atoms with Crippen LogP contribution in [0, 0.1) is 13.8 Å². The molecule has 1 saturated heterocycles. The van der Waals surface area contributed by atoms with E-state index in [1.165, 1.54) is 0 Å². The number of amides is 2. The van der Waals surface area contributed by atoms with Crippen molar-refractivity contribution in [2.45, 2.75) is 26.7 Å². The van der Waals surface area contributed by atoms with Crippen LogP contribution >= 0.6 is 0 Å². The predicted molar refractivity (Wildman–Crippen MR) is 90.6 cm³/mol. The van der Waals surface area contributed by atoms with Gasteiger partial charge in [0.1, 0.15) is 0 Å². The van der Waals surface area contributed by atoms with E-state index in [4.69, 9.17) is 0 Å². The van der Waals surface area contributed by atoms with Crippen LogP contribution in [0.15, 0.2) is 30.3 Å². The molecular weight excluding hydrogens is 306 g/mol. The SMILES string of the molecule is Cc1cc(C)nc(NNC(=O)c2cccc(N3CCCC3=O)c2)n1. The molecule has 0 saturated carbocycles. The van der Waals surface area contributed by atoms with Gasteiger partial charge in [-0.05, 0) is 44.5 Å². The molecule has 124 valence electrons. The molecule has 0 spiro atoms. The van der Waals surface area contributed by atoms with Crippen molar-refractivity contribution in [1.29, 1.82) is 0 Å². The first kappa shape index (κ1) is 15.9. The molecule has 24 heavy (non-hydrogen) atoms. The van der Waals surface area contributed by atoms with Gasteiger partial charge in [-0.15, -0.1) is 0 Å². The monoisotopic (exact) mass is 325 g/mol. The van der Waals surface area contributed by atoms with Crippen LogP contribution in [0.3, 0.4) is 0 Å². The van der Waals surface area contributed by atoms with Crippen LogP contribution in [0.1, 0.15) is 34.6 Å². The second-order valence-corrected chi connectivity index (χ2v) is 5.75. The summed E-state index contributed by atoms with van der Waals surface area (Å²) in [5.41, 5.74) is 8.13. The Bertz CT molecular complexity index is 770. The average molecular weight is 325 g/mol. The van der Waals surface area contributed by atoms with Gasteiger partial charge in [-0.2, -0.15) is 0 Å². The molecule has 7 heteroatoms. The standard InChI is InChI=1S/C17H19N5O2/c1-11-9-12(2)19-17(18-11)21-20-16(24)13-5-3-6-14(10-13)22-8-4-7-15(22)23/h3,5-6,9-10H,4,7-8H2,1-2H3,(H,20,24)(H,18,19,21). The minimum Gasteiger partial charge on any atom is -0.312 e. The summed E-state index contributed by atoms with van der Waals surface area (Å²) >= 11 is 0. The molecule has 1 aliphatic heterocycles. The molecule has 0 bridgehead atoms. The van der Waals surface area contributed by atoms with Crippen molar-refractivity contribution < 1.29 is 9.59 Å². The van der Waals surface area contributed by atoms with Crippen LogP contribution in [-0.4, -0.2) is 28.3 Å². The van der Waals surface area contributed by atoms with E-state index in [1.54, 1.807) is 23.1 Å². The Kier molecular flexibility index (Phi) is 4.41. The number of benzene rings is 1. The molecule has 2 N–H and O–H groups in total. The first-order valence-electron chi connectivity index (χ1n) is 7.82. The van der Waals surface area contributed by atoms with Gasteiger partial charge in [0.05, 0.1) is 0 Å². The molecule has 2 aromatic rings. The smallest absolute Gasteiger partial charge is 0.269 e. The van der Waals surface area contributed by atoms with Crippen LogP contribution in [0.4, 0.5) is 11.6 Å². The van der Waals surface area contributed by atoms with E-state index in [1.807, 2.05) is 26.0 Å². The van der Waals surface area contributed by atoms with E-state index >= 15 is 0 Å². The summed E-state index contributed by atoms with van der Waals surface area (Å²) in [6.45, 7) is 4.41. The Hall–Kier alpha value is -2.96. The normalized spacial score (nSPS) is 13.9. The third kappa shape index (κ3) is 3.51. The molecule has 3 rings (SSSR count). The Labute approximate surface area is 140 Å². The van der Waals surface area contributed by atoms with Gasteiger partial charge in [0, 0.05) is 35.6 Å². The molecular formula is C17H19N5O2. The molecule has 0 aliphatic carbocycles. The largest absolute Gasteiger partial charge is 0.312 e. The van der Waals surface area contributed by atoms with E-state index in [9.17, 15) is 9.59 Å². The zero-order valence-electron chi connectivity index (χ0n) is 13.7. The Morgan fingerprint density at radius 2 is 1.92 bits per heavy atom. The number of aryl methyl sites for hydroxylation is 2. The second-order valence-electron chi connectivity index (χ2n) is 5.75. The summed E-state index contributed by atoms with van der Waals surface area (Å²) in [6, 6.07) is 8.86. The molecule has 0 atom stereocenters. The molecule has 2 amide bonds. The Morgan fingerprint density at radius 3 is 2.58 bits per heavy atom. The van der Waals surface area contributed by atoms with Crippen molar-refractivity contribution in [2.75, 3.05) is 16.9 Å². The number of nitrogens with one attached hydrogen (secondary N) is 2. The number of hydrogen-bond donors (Lipinski definition) is 2. The maximum absolute atomic E-state index is 12.3. The molecule has 1 aromatic heterocycles. The van der Waals surface area contributed by atoms with Crippen molar-refractivity contribution in [3.05, 3.63) is 47.3 Å². The van der Waals surface area contributed by atoms with E-state index in [2.05, 4.69) is 20.8 Å². The average Bonchev–Trinajstić information content (AvgIpc) is 2.98. The number of anilines is 2. The number of hydrazine groups is 1. The summed E-state index contributed by atoms with van der Waals surface area (Å²) in [6.07, 6.45) is 1.41. The highest BCUT2D eigenvalue weighted by Gasteiger charge is 2.22. The Balaban J connectivity index is 1.70. The summed E-state index contributed by atoms with van der Waals surface area (Å²) in [7, 11) is 0. The van der Waals surface area contributed by atoms with Gasteiger partial charge in [-0.3, -0.25) is 20.4 Å². The van der Waals surface area contributed by atoms with Gasteiger partial charge in [0.25, 0.3) is 5.91 Å². The maximum atomic E-state index is 12.3. The predicted octanol–water partition coefficient (Wildman–Crippen LogP) is 1.98. The fourth-order valence-electron chi connectivity index (χ4n) is 2.70. The van der Waals surface area contributed by atoms with Crippen molar-refractivity contribution in [3.63, 3.8) is 0 Å². The lowest BCUT2D eigenvalue weighted by molar-refractivity contribution is -0.117. The molecule has 2 heterocycles. The lowest BCUT2D eigenvalue weighted by Gasteiger charge is -2.16. The van der Waals surface area contributed by atoms with Gasteiger partial charge >= 0.3 is 0 Å². The van der Waals surface area contributed by atoms with E-state index in [0.717, 1.165) is 23.5 Å². The third-order valence-electron chi connectivity index (χ3n) is 3.76. The first-order chi connectivity index (χ1) is 11.5. The van der Waals surface area contributed by atoms with Gasteiger partial charge in [-0.1, -0.05) is 6.07 Å². The minimum absolute atomic E-state index is 0.0920. The number of nitrogens with zero attached hydrogens (tertiary/aromatic N) is 3. The second kappa shape index (κ2) is 6.66. The minimum atomic E-state index is -0.314. The summed E-state index contributed by atoms with van der Waals surface area (Å²) in [4.78, 5) is 34.2. The van der Waals surface area contributed by atoms with Gasteiger partial charge < -0.3 is 4.90 Å². The summed E-state index contributed by atoms with van der Waals surface area (Å²) < 4.78 is 0. The van der Waals surface area contributed by atoms with E-state index in [0.29, 0.717) is 24.5 Å². The number of carbonyl (C=O) groups is 2. The van der Waals surface area contributed by atoms with Crippen LogP contribution in [0.25, 0.3) is 0 Å². The number of aromatic nitrogens is 2. The van der Waals surface area contributed by atoms with Gasteiger partial charge in [-0.25, -0.2) is 9.97 Å². The fourth-order valence-corrected chi connectivity index (χ4v) is 2.70.